The highest BCUT2D eigenvalue weighted by Crippen LogP contribution is 2.24. The second kappa shape index (κ2) is 6.07. The van der Waals surface area contributed by atoms with Gasteiger partial charge in [0.05, 0.1) is 10.3 Å². The Kier molecular flexibility index (Phi) is 4.68. The van der Waals surface area contributed by atoms with Gasteiger partial charge in [0.25, 0.3) is 5.91 Å². The van der Waals surface area contributed by atoms with Gasteiger partial charge in [0.2, 0.25) is 0 Å². The van der Waals surface area contributed by atoms with Crippen LogP contribution >= 0.6 is 22.9 Å². The highest BCUT2D eigenvalue weighted by molar-refractivity contribution is 7.14. The quantitative estimate of drug-likeness (QED) is 0.645. The number of nitrogens with one attached hydrogen (secondary N) is 1. The Morgan fingerprint density at radius 2 is 2.06 bits per heavy atom. The molecule has 2 unspecified atom stereocenters. The molecule has 2 rings (SSSR count). The van der Waals surface area contributed by atoms with Crippen LogP contribution in [0.4, 0.5) is 0 Å². The summed E-state index contributed by atoms with van der Waals surface area (Å²) in [5.41, 5.74) is 1.19. The van der Waals surface area contributed by atoms with Crippen LogP contribution < -0.4 is 5.32 Å². The maximum Gasteiger partial charge on any atom is 0.261 e. The van der Waals surface area contributed by atoms with Crippen molar-refractivity contribution in [3.63, 3.8) is 0 Å². The summed E-state index contributed by atoms with van der Waals surface area (Å²) in [4.78, 5) is 14.2. The van der Waals surface area contributed by atoms with Crippen LogP contribution in [0.5, 0.6) is 0 Å². The van der Waals surface area contributed by atoms with Crippen molar-refractivity contribution >= 4 is 28.8 Å². The number of rotatable bonds is 2. The molecule has 0 aromatic carbocycles. The molecule has 0 bridgehead atoms. The molecule has 1 saturated carbocycles. The zero-order chi connectivity index (χ0) is 13.1. The first-order valence-corrected chi connectivity index (χ1v) is 7.85. The normalized spacial score (nSPS) is 24.6. The van der Waals surface area contributed by atoms with Crippen molar-refractivity contribution in [1.82, 2.24) is 5.32 Å². The van der Waals surface area contributed by atoms with Crippen molar-refractivity contribution in [3.05, 3.63) is 21.4 Å². The van der Waals surface area contributed by atoms with Gasteiger partial charge < -0.3 is 5.32 Å². The Morgan fingerprint density at radius 3 is 2.72 bits per heavy atom. The summed E-state index contributed by atoms with van der Waals surface area (Å²) in [5, 5.41) is 3.19. The van der Waals surface area contributed by atoms with Gasteiger partial charge in [-0.05, 0) is 38.3 Å². The van der Waals surface area contributed by atoms with E-state index < -0.39 is 0 Å². The zero-order valence-corrected chi connectivity index (χ0v) is 12.5. The first kappa shape index (κ1) is 13.9. The molecule has 0 radical (unpaired) electrons. The van der Waals surface area contributed by atoms with Crippen LogP contribution in [0.3, 0.4) is 0 Å². The number of aryl methyl sites for hydroxylation is 2. The lowest BCUT2D eigenvalue weighted by molar-refractivity contribution is 0.0938. The number of carbonyl (C=O) groups excluding carboxylic acids is 1. The summed E-state index contributed by atoms with van der Waals surface area (Å²) in [6.07, 6.45) is 5.58. The molecule has 0 spiro atoms. The predicted molar refractivity (Wildman–Crippen MR) is 77.8 cm³/mol. The number of halogens is 1. The standard InChI is InChI=1S/C14H20ClNOS/c1-9-8-13(18-10(9)2)14(17)16-12-7-5-3-4-6-11(12)15/h8,11-12H,3-7H2,1-2H3,(H,16,17). The van der Waals surface area contributed by atoms with Crippen LogP contribution in [0.25, 0.3) is 0 Å². The predicted octanol–water partition coefficient (Wildman–Crippen LogP) is 4.03. The highest BCUT2D eigenvalue weighted by atomic mass is 35.5. The van der Waals surface area contributed by atoms with Crippen molar-refractivity contribution in [2.24, 2.45) is 0 Å². The summed E-state index contributed by atoms with van der Waals surface area (Å²) in [7, 11) is 0. The lowest BCUT2D eigenvalue weighted by Crippen LogP contribution is -2.40. The Hall–Kier alpha value is -0.540. The summed E-state index contributed by atoms with van der Waals surface area (Å²) in [6, 6.07) is 2.10. The molecule has 0 saturated heterocycles. The zero-order valence-electron chi connectivity index (χ0n) is 11.0. The van der Waals surface area contributed by atoms with Crippen molar-refractivity contribution in [2.75, 3.05) is 0 Å². The van der Waals surface area contributed by atoms with Crippen molar-refractivity contribution in [1.29, 1.82) is 0 Å². The minimum absolute atomic E-state index is 0.0359. The Labute approximate surface area is 118 Å². The third kappa shape index (κ3) is 3.27. The SMILES string of the molecule is Cc1cc(C(=O)NC2CCCCCC2Cl)sc1C. The molecule has 1 fully saturated rings. The van der Waals surface area contributed by atoms with E-state index in [0.29, 0.717) is 0 Å². The maximum atomic E-state index is 12.2. The van der Waals surface area contributed by atoms with E-state index in [1.165, 1.54) is 23.3 Å². The molecule has 2 atom stereocenters. The Morgan fingerprint density at radius 1 is 1.33 bits per heavy atom. The lowest BCUT2D eigenvalue weighted by Gasteiger charge is -2.20. The average molecular weight is 286 g/mol. The Bertz CT molecular complexity index is 410. The summed E-state index contributed by atoms with van der Waals surface area (Å²) in [6.45, 7) is 4.09. The monoisotopic (exact) mass is 285 g/mol. The first-order valence-electron chi connectivity index (χ1n) is 6.60. The summed E-state index contributed by atoms with van der Waals surface area (Å²) in [5.74, 6) is 0.0359. The van der Waals surface area contributed by atoms with Gasteiger partial charge in [-0.15, -0.1) is 22.9 Å². The molecule has 1 amide bonds. The fourth-order valence-corrected chi connectivity index (χ4v) is 3.63. The first-order chi connectivity index (χ1) is 8.58. The van der Waals surface area contributed by atoms with Crippen LogP contribution in [0.2, 0.25) is 0 Å². The lowest BCUT2D eigenvalue weighted by atomic mass is 10.1. The van der Waals surface area contributed by atoms with E-state index in [2.05, 4.69) is 5.32 Å². The Balaban J connectivity index is 2.01. The van der Waals surface area contributed by atoms with Gasteiger partial charge in [0.15, 0.2) is 0 Å². The number of carbonyl (C=O) groups is 1. The van der Waals surface area contributed by atoms with E-state index in [-0.39, 0.29) is 17.3 Å². The minimum atomic E-state index is 0.0359. The molecular weight excluding hydrogens is 266 g/mol. The van der Waals surface area contributed by atoms with Gasteiger partial charge >= 0.3 is 0 Å². The molecule has 18 heavy (non-hydrogen) atoms. The molecule has 1 heterocycles. The molecule has 2 nitrogen and oxygen atoms in total. The maximum absolute atomic E-state index is 12.2. The largest absolute Gasteiger partial charge is 0.347 e. The van der Waals surface area contributed by atoms with E-state index in [9.17, 15) is 4.79 Å². The van der Waals surface area contributed by atoms with Crippen molar-refractivity contribution in [2.45, 2.75) is 57.4 Å². The fraction of sp³-hybridized carbons (Fsp3) is 0.643. The van der Waals surface area contributed by atoms with Crippen LogP contribution in [0.15, 0.2) is 6.07 Å². The molecule has 1 aliphatic rings. The fourth-order valence-electron chi connectivity index (χ4n) is 2.35. The number of thiophene rings is 1. The second-order valence-corrected chi connectivity index (χ2v) is 6.90. The van der Waals surface area contributed by atoms with Gasteiger partial charge in [-0.25, -0.2) is 0 Å². The highest BCUT2D eigenvalue weighted by Gasteiger charge is 2.24. The van der Waals surface area contributed by atoms with Crippen molar-refractivity contribution < 1.29 is 4.79 Å². The van der Waals surface area contributed by atoms with Gasteiger partial charge in [-0.1, -0.05) is 19.3 Å². The van der Waals surface area contributed by atoms with Gasteiger partial charge in [0, 0.05) is 10.9 Å². The smallest absolute Gasteiger partial charge is 0.261 e. The second-order valence-electron chi connectivity index (χ2n) is 5.08. The molecule has 1 aromatic rings. The molecule has 4 heteroatoms. The van der Waals surface area contributed by atoms with Crippen LogP contribution in [-0.4, -0.2) is 17.3 Å². The number of hydrogen-bond donors (Lipinski definition) is 1. The van der Waals surface area contributed by atoms with Gasteiger partial charge in [0.1, 0.15) is 0 Å². The van der Waals surface area contributed by atoms with E-state index >= 15 is 0 Å². The van der Waals surface area contributed by atoms with Gasteiger partial charge in [-0.3, -0.25) is 4.79 Å². The van der Waals surface area contributed by atoms with E-state index in [0.717, 1.165) is 24.1 Å². The number of amides is 1. The van der Waals surface area contributed by atoms with E-state index in [1.807, 2.05) is 19.9 Å². The summed E-state index contributed by atoms with van der Waals surface area (Å²) >= 11 is 7.91. The van der Waals surface area contributed by atoms with Crippen LogP contribution in [0, 0.1) is 13.8 Å². The molecule has 1 aromatic heterocycles. The average Bonchev–Trinajstić information content (AvgIpc) is 2.54. The van der Waals surface area contributed by atoms with E-state index in [4.69, 9.17) is 11.6 Å². The van der Waals surface area contributed by atoms with Crippen molar-refractivity contribution in [3.8, 4) is 0 Å². The number of alkyl halides is 1. The van der Waals surface area contributed by atoms with Crippen LogP contribution in [0.1, 0.15) is 52.2 Å². The van der Waals surface area contributed by atoms with Gasteiger partial charge in [-0.2, -0.15) is 0 Å². The minimum Gasteiger partial charge on any atom is -0.347 e. The molecule has 100 valence electrons. The third-order valence-electron chi connectivity index (χ3n) is 3.64. The molecule has 0 aliphatic heterocycles. The van der Waals surface area contributed by atoms with Crippen LogP contribution in [-0.2, 0) is 0 Å². The van der Waals surface area contributed by atoms with E-state index in [1.54, 1.807) is 11.3 Å². The third-order valence-corrected chi connectivity index (χ3v) is 5.31. The number of hydrogen-bond acceptors (Lipinski definition) is 2. The molecule has 1 aliphatic carbocycles. The topological polar surface area (TPSA) is 29.1 Å². The molecule has 1 N–H and O–H groups in total. The summed E-state index contributed by atoms with van der Waals surface area (Å²) < 4.78 is 0. The molecular formula is C14H20ClNOS.